The minimum absolute atomic E-state index is 0.239. The van der Waals surface area contributed by atoms with E-state index < -0.39 is 124 Å². The first-order valence-electron chi connectivity index (χ1n) is 32.8. The standard InChI is InChI=1S/C62H119NO18/c1-3-5-7-9-11-13-15-17-18-19-20-21-22-23-24-25-26-28-29-31-33-35-37-39-46(67)45(63-50(68)40-38-36-34-32-30-27-16-14-12-10-8-6-4-2)44-76-60-56(74)53(71)58(48(42-65)78-60)81-62-57(75)54(72)59(49(43-66)79-62)80-61-55(73)52(70)51(69)47(41-64)77-61/h45-49,51-62,64-67,69-75H,3-44H2,1-2H3,(H,63,68). The van der Waals surface area contributed by atoms with Crippen molar-refractivity contribution in [3.8, 4) is 0 Å². The van der Waals surface area contributed by atoms with Crippen LogP contribution < -0.4 is 5.32 Å². The van der Waals surface area contributed by atoms with Gasteiger partial charge in [-0.2, -0.15) is 0 Å². The van der Waals surface area contributed by atoms with Crippen molar-refractivity contribution in [3.05, 3.63) is 0 Å². The smallest absolute Gasteiger partial charge is 0.220 e. The Bertz CT molecular complexity index is 1490. The summed E-state index contributed by atoms with van der Waals surface area (Å²) in [4.78, 5) is 13.3. The molecule has 0 spiro atoms. The molecular weight excluding hydrogens is 1050 g/mol. The Morgan fingerprint density at radius 1 is 0.395 bits per heavy atom. The van der Waals surface area contributed by atoms with Crippen LogP contribution in [0, 0.1) is 0 Å². The summed E-state index contributed by atoms with van der Waals surface area (Å²) >= 11 is 0. The molecule has 0 aromatic rings. The molecule has 3 saturated heterocycles. The number of unbranched alkanes of at least 4 members (excludes halogenated alkanes) is 34. The van der Waals surface area contributed by atoms with E-state index in [1.54, 1.807) is 0 Å². The van der Waals surface area contributed by atoms with Crippen LogP contribution in [0.5, 0.6) is 0 Å². The highest BCUT2D eigenvalue weighted by molar-refractivity contribution is 5.76. The van der Waals surface area contributed by atoms with Crippen LogP contribution in [0.3, 0.4) is 0 Å². The third-order valence-corrected chi connectivity index (χ3v) is 16.9. The molecule has 480 valence electrons. The maximum atomic E-state index is 13.3. The summed E-state index contributed by atoms with van der Waals surface area (Å²) < 4.78 is 34.4. The second kappa shape index (κ2) is 46.0. The van der Waals surface area contributed by atoms with E-state index in [1.807, 2.05) is 0 Å². The quantitative estimate of drug-likeness (QED) is 0.0269. The first-order valence-corrected chi connectivity index (χ1v) is 32.8. The van der Waals surface area contributed by atoms with Crippen molar-refractivity contribution >= 4 is 5.91 Å². The molecule has 3 heterocycles. The van der Waals surface area contributed by atoms with Gasteiger partial charge in [-0.15, -0.1) is 0 Å². The highest BCUT2D eigenvalue weighted by Crippen LogP contribution is 2.33. The lowest BCUT2D eigenvalue weighted by Crippen LogP contribution is -2.66. The largest absolute Gasteiger partial charge is 0.394 e. The van der Waals surface area contributed by atoms with E-state index in [4.69, 9.17) is 28.4 Å². The van der Waals surface area contributed by atoms with Gasteiger partial charge in [0.1, 0.15) is 73.2 Å². The molecule has 81 heavy (non-hydrogen) atoms. The highest BCUT2D eigenvalue weighted by atomic mass is 16.8. The lowest BCUT2D eigenvalue weighted by Gasteiger charge is -2.48. The Hall–Kier alpha value is -1.21. The average molecular weight is 1170 g/mol. The first-order chi connectivity index (χ1) is 39.3. The van der Waals surface area contributed by atoms with E-state index in [0.717, 1.165) is 44.9 Å². The molecule has 0 aromatic carbocycles. The number of nitrogens with one attached hydrogen (secondary N) is 1. The Balaban J connectivity index is 1.44. The molecule has 1 amide bonds. The fourth-order valence-electron chi connectivity index (χ4n) is 11.6. The van der Waals surface area contributed by atoms with E-state index >= 15 is 0 Å². The highest BCUT2D eigenvalue weighted by Gasteiger charge is 2.53. The number of carbonyl (C=O) groups excluding carboxylic acids is 1. The summed E-state index contributed by atoms with van der Waals surface area (Å²) in [5, 5.41) is 120. The number of rotatable bonds is 50. The molecule has 3 rings (SSSR count). The van der Waals surface area contributed by atoms with Gasteiger partial charge in [-0.3, -0.25) is 4.79 Å². The van der Waals surface area contributed by atoms with Crippen LogP contribution in [0.4, 0.5) is 0 Å². The number of ether oxygens (including phenoxy) is 6. The van der Waals surface area contributed by atoms with E-state index in [0.29, 0.717) is 12.8 Å². The van der Waals surface area contributed by atoms with Gasteiger partial charge in [0.25, 0.3) is 0 Å². The Morgan fingerprint density at radius 3 is 1.07 bits per heavy atom. The second-order valence-electron chi connectivity index (χ2n) is 23.9. The number of hydrogen-bond acceptors (Lipinski definition) is 18. The van der Waals surface area contributed by atoms with Gasteiger partial charge in [0, 0.05) is 6.42 Å². The molecule has 17 atom stereocenters. The van der Waals surface area contributed by atoms with Gasteiger partial charge in [0.15, 0.2) is 18.9 Å². The van der Waals surface area contributed by atoms with Gasteiger partial charge < -0.3 is 89.9 Å². The predicted octanol–water partition coefficient (Wildman–Crippen LogP) is 7.16. The molecule has 12 N–H and O–H groups in total. The van der Waals surface area contributed by atoms with Crippen LogP contribution in [0.15, 0.2) is 0 Å². The monoisotopic (exact) mass is 1170 g/mol. The van der Waals surface area contributed by atoms with Crippen molar-refractivity contribution in [2.24, 2.45) is 0 Å². The van der Waals surface area contributed by atoms with E-state index in [9.17, 15) is 61.0 Å². The molecule has 19 heteroatoms. The van der Waals surface area contributed by atoms with Gasteiger partial charge in [0.05, 0.1) is 38.6 Å². The topological polar surface area (TPSA) is 307 Å². The van der Waals surface area contributed by atoms with Gasteiger partial charge in [-0.1, -0.05) is 239 Å². The summed E-state index contributed by atoms with van der Waals surface area (Å²) in [6, 6.07) is -0.880. The molecule has 3 fully saturated rings. The van der Waals surface area contributed by atoms with Crippen molar-refractivity contribution in [2.45, 2.75) is 362 Å². The van der Waals surface area contributed by atoms with Crippen molar-refractivity contribution in [1.82, 2.24) is 5.32 Å². The molecule has 19 nitrogen and oxygen atoms in total. The molecule has 3 aliphatic rings. The van der Waals surface area contributed by atoms with Crippen molar-refractivity contribution in [2.75, 3.05) is 26.4 Å². The number of aliphatic hydroxyl groups excluding tert-OH is 11. The zero-order valence-corrected chi connectivity index (χ0v) is 50.3. The molecule has 17 unspecified atom stereocenters. The predicted molar refractivity (Wildman–Crippen MR) is 310 cm³/mol. The van der Waals surface area contributed by atoms with Crippen molar-refractivity contribution < 1.29 is 89.4 Å². The zero-order chi connectivity index (χ0) is 59.0. The SMILES string of the molecule is CCCCCCCCCCCCCCCCCCCCCCCCCC(O)C(COC1OC(CO)C(OC2OC(CO)C(OC3OC(CO)C(O)C(O)C3O)C(O)C2O)C(O)C1O)NC(=O)CCCCCCCCCCCCCCC. The minimum atomic E-state index is -1.97. The molecular formula is C62H119NO18. The Morgan fingerprint density at radius 2 is 0.704 bits per heavy atom. The van der Waals surface area contributed by atoms with E-state index in [-0.39, 0.29) is 18.9 Å². The van der Waals surface area contributed by atoms with Gasteiger partial charge >= 0.3 is 0 Å². The molecule has 0 aliphatic carbocycles. The molecule has 0 radical (unpaired) electrons. The molecule has 3 aliphatic heterocycles. The summed E-state index contributed by atoms with van der Waals surface area (Å²) in [6.07, 6.45) is 19.0. The maximum Gasteiger partial charge on any atom is 0.220 e. The van der Waals surface area contributed by atoms with Crippen LogP contribution in [-0.4, -0.2) is 193 Å². The number of amides is 1. The second-order valence-corrected chi connectivity index (χ2v) is 23.9. The van der Waals surface area contributed by atoms with E-state index in [1.165, 1.54) is 180 Å². The van der Waals surface area contributed by atoms with Crippen molar-refractivity contribution in [1.29, 1.82) is 0 Å². The molecule has 0 saturated carbocycles. The van der Waals surface area contributed by atoms with Crippen LogP contribution in [0.1, 0.15) is 258 Å². The van der Waals surface area contributed by atoms with Crippen LogP contribution in [0.2, 0.25) is 0 Å². The van der Waals surface area contributed by atoms with Crippen LogP contribution >= 0.6 is 0 Å². The summed E-state index contributed by atoms with van der Waals surface area (Å²) in [6.45, 7) is 1.82. The summed E-state index contributed by atoms with van der Waals surface area (Å²) in [5.41, 5.74) is 0. The molecule has 0 bridgehead atoms. The summed E-state index contributed by atoms with van der Waals surface area (Å²) in [7, 11) is 0. The number of carbonyl (C=O) groups is 1. The lowest BCUT2D eigenvalue weighted by molar-refractivity contribution is -0.379. The van der Waals surface area contributed by atoms with Gasteiger partial charge in [0.2, 0.25) is 5.91 Å². The third-order valence-electron chi connectivity index (χ3n) is 16.9. The van der Waals surface area contributed by atoms with Crippen LogP contribution in [0.25, 0.3) is 0 Å². The Kier molecular flexibility index (Phi) is 42.1. The number of aliphatic hydroxyl groups is 11. The maximum absolute atomic E-state index is 13.3. The fourth-order valence-corrected chi connectivity index (χ4v) is 11.6. The minimum Gasteiger partial charge on any atom is -0.394 e. The van der Waals surface area contributed by atoms with Crippen LogP contribution in [-0.2, 0) is 33.2 Å². The van der Waals surface area contributed by atoms with Crippen molar-refractivity contribution in [3.63, 3.8) is 0 Å². The lowest BCUT2D eigenvalue weighted by atomic mass is 9.96. The normalized spacial score (nSPS) is 29.7. The molecule has 0 aromatic heterocycles. The Labute approximate surface area is 487 Å². The zero-order valence-electron chi connectivity index (χ0n) is 50.3. The third kappa shape index (κ3) is 29.4. The summed E-state index contributed by atoms with van der Waals surface area (Å²) in [5.74, 6) is -0.239. The van der Waals surface area contributed by atoms with E-state index in [2.05, 4.69) is 19.2 Å². The van der Waals surface area contributed by atoms with Gasteiger partial charge in [-0.25, -0.2) is 0 Å². The average Bonchev–Trinajstić information content (AvgIpc) is 3.52. The first kappa shape index (κ1) is 74.0. The number of hydrogen-bond donors (Lipinski definition) is 12. The van der Waals surface area contributed by atoms with Gasteiger partial charge in [-0.05, 0) is 12.8 Å². The fraction of sp³-hybridized carbons (Fsp3) is 0.984.